The van der Waals surface area contributed by atoms with Gasteiger partial charge in [0, 0.05) is 20.0 Å². The molecule has 1 aromatic heterocycles. The van der Waals surface area contributed by atoms with E-state index < -0.39 is 0 Å². The molecule has 0 radical (unpaired) electrons. The average Bonchev–Trinajstić information content (AvgIpc) is 2.57. The van der Waals surface area contributed by atoms with Crippen molar-refractivity contribution in [3.05, 3.63) is 33.7 Å². The Labute approximate surface area is 91.5 Å². The van der Waals surface area contributed by atoms with Gasteiger partial charge in [0.1, 0.15) is 0 Å². The maximum absolute atomic E-state index is 8.61. The number of hydrogen-bond acceptors (Lipinski definition) is 2. The lowest BCUT2D eigenvalue weighted by Gasteiger charge is -1.96. The maximum atomic E-state index is 8.61. The van der Waals surface area contributed by atoms with Crippen LogP contribution < -0.4 is 0 Å². The first-order valence-electron chi connectivity index (χ1n) is 4.27. The molecule has 0 unspecified atom stereocenters. The summed E-state index contributed by atoms with van der Waals surface area (Å²) >= 11 is 7.72. The second kappa shape index (κ2) is 3.61. The molecule has 0 spiro atoms. The van der Waals surface area contributed by atoms with Crippen LogP contribution >= 0.6 is 22.9 Å². The highest BCUT2D eigenvalue weighted by Gasteiger charge is 2.06. The van der Waals surface area contributed by atoms with Crippen molar-refractivity contribution in [3.63, 3.8) is 0 Å². The molecule has 0 amide bonds. The number of aryl methyl sites for hydroxylation is 1. The van der Waals surface area contributed by atoms with Gasteiger partial charge in [-0.05, 0) is 24.6 Å². The van der Waals surface area contributed by atoms with Gasteiger partial charge in [0.25, 0.3) is 0 Å². The quantitative estimate of drug-likeness (QED) is 0.716. The summed E-state index contributed by atoms with van der Waals surface area (Å²) in [5.74, 6) is 0. The van der Waals surface area contributed by atoms with Gasteiger partial charge in [-0.15, -0.1) is 11.3 Å². The van der Waals surface area contributed by atoms with Crippen LogP contribution in [0.25, 0.3) is 10.1 Å². The van der Waals surface area contributed by atoms with E-state index in [0.29, 0.717) is 6.42 Å². The van der Waals surface area contributed by atoms with Gasteiger partial charge in [0.15, 0.2) is 0 Å². The van der Waals surface area contributed by atoms with Gasteiger partial charge in [-0.1, -0.05) is 17.7 Å². The van der Waals surface area contributed by atoms with Crippen LogP contribution in [0.3, 0.4) is 0 Å². The average molecular weight is 222 g/mol. The predicted octanol–water partition coefficient (Wildman–Crippen LogP) is 3.93. The Balaban J connectivity index is 2.70. The summed E-state index contributed by atoms with van der Waals surface area (Å²) in [5, 5.41) is 10.4. The summed E-state index contributed by atoms with van der Waals surface area (Å²) < 4.78 is 1.20. The van der Waals surface area contributed by atoms with E-state index in [9.17, 15) is 0 Å². The molecule has 2 rings (SSSR count). The Morgan fingerprint density at radius 1 is 1.50 bits per heavy atom. The molecule has 3 heteroatoms. The Morgan fingerprint density at radius 2 is 2.29 bits per heavy atom. The van der Waals surface area contributed by atoms with Gasteiger partial charge in [0.05, 0.1) is 12.5 Å². The number of thiophene rings is 1. The molecule has 0 bridgehead atoms. The second-order valence-corrected chi connectivity index (χ2v) is 4.70. The zero-order chi connectivity index (χ0) is 10.1. The molecule has 0 aliphatic rings. The van der Waals surface area contributed by atoms with E-state index in [4.69, 9.17) is 16.9 Å². The van der Waals surface area contributed by atoms with E-state index in [2.05, 4.69) is 13.0 Å². The van der Waals surface area contributed by atoms with Crippen LogP contribution in [-0.2, 0) is 6.42 Å². The van der Waals surface area contributed by atoms with Gasteiger partial charge in [-0.3, -0.25) is 0 Å². The third kappa shape index (κ3) is 1.50. The summed E-state index contributed by atoms with van der Waals surface area (Å²) in [4.78, 5) is 1.08. The lowest BCUT2D eigenvalue weighted by molar-refractivity contribution is 1.32. The molecule has 0 aliphatic heterocycles. The molecule has 1 heterocycles. The fraction of sp³-hybridized carbons (Fsp3) is 0.182. The molecular weight excluding hydrogens is 214 g/mol. The number of rotatable bonds is 1. The van der Waals surface area contributed by atoms with E-state index >= 15 is 0 Å². The normalized spacial score (nSPS) is 10.4. The van der Waals surface area contributed by atoms with E-state index in [-0.39, 0.29) is 0 Å². The number of fused-ring (bicyclic) bond motifs is 1. The van der Waals surface area contributed by atoms with Crippen LogP contribution in [0.4, 0.5) is 0 Å². The van der Waals surface area contributed by atoms with Crippen LogP contribution in [0.15, 0.2) is 18.2 Å². The van der Waals surface area contributed by atoms with Crippen molar-refractivity contribution in [2.45, 2.75) is 13.3 Å². The molecular formula is C11H8ClNS. The molecule has 0 saturated carbocycles. The largest absolute Gasteiger partial charge is 0.198 e. The van der Waals surface area contributed by atoms with Crippen molar-refractivity contribution < 1.29 is 0 Å². The molecule has 0 saturated heterocycles. The number of halogens is 1. The number of nitrogens with zero attached hydrogens (tertiary/aromatic N) is 1. The van der Waals surface area contributed by atoms with E-state index in [1.807, 2.05) is 18.2 Å². The van der Waals surface area contributed by atoms with Gasteiger partial charge in [-0.25, -0.2) is 0 Å². The third-order valence-electron chi connectivity index (χ3n) is 2.13. The van der Waals surface area contributed by atoms with E-state index in [0.717, 1.165) is 15.3 Å². The first-order chi connectivity index (χ1) is 6.72. The Kier molecular flexibility index (Phi) is 2.45. The predicted molar refractivity (Wildman–Crippen MR) is 60.9 cm³/mol. The number of nitriles is 1. The zero-order valence-electron chi connectivity index (χ0n) is 7.67. The fourth-order valence-corrected chi connectivity index (χ4v) is 2.79. The Hall–Kier alpha value is -1.04. The molecule has 0 fully saturated rings. The minimum Gasteiger partial charge on any atom is -0.198 e. The molecule has 70 valence electrons. The van der Waals surface area contributed by atoms with Gasteiger partial charge in [0.2, 0.25) is 0 Å². The second-order valence-electron chi connectivity index (χ2n) is 3.15. The zero-order valence-corrected chi connectivity index (χ0v) is 9.25. The van der Waals surface area contributed by atoms with Crippen LogP contribution in [0.1, 0.15) is 10.4 Å². The van der Waals surface area contributed by atoms with Crippen molar-refractivity contribution in [3.8, 4) is 6.07 Å². The lowest BCUT2D eigenvalue weighted by atomic mass is 10.2. The minimum atomic E-state index is 0.467. The lowest BCUT2D eigenvalue weighted by Crippen LogP contribution is -1.71. The van der Waals surface area contributed by atoms with Crippen molar-refractivity contribution in [1.29, 1.82) is 5.26 Å². The summed E-state index contributed by atoms with van der Waals surface area (Å²) in [5.41, 5.74) is 1.22. The summed E-state index contributed by atoms with van der Waals surface area (Å²) in [6, 6.07) is 8.08. The number of benzene rings is 1. The minimum absolute atomic E-state index is 0.467. The number of hydrogen-bond donors (Lipinski definition) is 0. The highest BCUT2D eigenvalue weighted by atomic mass is 35.5. The van der Waals surface area contributed by atoms with Crippen LogP contribution in [0.2, 0.25) is 5.02 Å². The molecule has 0 aliphatic carbocycles. The summed E-state index contributed by atoms with van der Waals surface area (Å²) in [7, 11) is 0. The maximum Gasteiger partial charge on any atom is 0.0696 e. The molecule has 1 nitrogen and oxygen atoms in total. The Morgan fingerprint density at radius 3 is 2.93 bits per heavy atom. The van der Waals surface area contributed by atoms with Crippen molar-refractivity contribution in [1.82, 2.24) is 0 Å². The molecule has 1 aromatic carbocycles. The first-order valence-corrected chi connectivity index (χ1v) is 5.46. The Bertz CT molecular complexity index is 483. The standard InChI is InChI=1S/C11H8ClNS/c1-7-2-3-10(12)9-6-8(4-5-13)14-11(7)9/h2-3,6H,4H2,1H3. The molecule has 0 atom stereocenters. The van der Waals surface area contributed by atoms with Gasteiger partial charge >= 0.3 is 0 Å². The first kappa shape index (κ1) is 9.51. The highest BCUT2D eigenvalue weighted by molar-refractivity contribution is 7.19. The van der Waals surface area contributed by atoms with Crippen molar-refractivity contribution >= 4 is 33.0 Å². The van der Waals surface area contributed by atoms with Crippen molar-refractivity contribution in [2.75, 3.05) is 0 Å². The van der Waals surface area contributed by atoms with Crippen LogP contribution in [0, 0.1) is 18.3 Å². The summed E-state index contributed by atoms with van der Waals surface area (Å²) in [6.45, 7) is 2.06. The van der Waals surface area contributed by atoms with Crippen LogP contribution in [-0.4, -0.2) is 0 Å². The van der Waals surface area contributed by atoms with Crippen molar-refractivity contribution in [2.24, 2.45) is 0 Å². The fourth-order valence-electron chi connectivity index (χ4n) is 1.44. The third-order valence-corrected chi connectivity index (χ3v) is 3.73. The summed E-state index contributed by atoms with van der Waals surface area (Å²) in [6.07, 6.45) is 0.467. The monoisotopic (exact) mass is 221 g/mol. The van der Waals surface area contributed by atoms with Gasteiger partial charge < -0.3 is 0 Å². The molecule has 14 heavy (non-hydrogen) atoms. The van der Waals surface area contributed by atoms with E-state index in [1.165, 1.54) is 10.3 Å². The van der Waals surface area contributed by atoms with Gasteiger partial charge in [-0.2, -0.15) is 5.26 Å². The van der Waals surface area contributed by atoms with E-state index in [1.54, 1.807) is 11.3 Å². The molecule has 2 aromatic rings. The SMILES string of the molecule is Cc1ccc(Cl)c2cc(CC#N)sc12. The van der Waals surface area contributed by atoms with Crippen LogP contribution in [0.5, 0.6) is 0 Å². The highest BCUT2D eigenvalue weighted by Crippen LogP contribution is 2.33. The smallest absolute Gasteiger partial charge is 0.0696 e. The molecule has 0 N–H and O–H groups in total. The topological polar surface area (TPSA) is 23.8 Å².